The number of amides is 1. The van der Waals surface area contributed by atoms with E-state index in [9.17, 15) is 9.59 Å². The number of carbonyl (C=O) groups is 1. The number of nitrogens with one attached hydrogen (secondary N) is 1. The van der Waals surface area contributed by atoms with Gasteiger partial charge < -0.3 is 5.32 Å². The van der Waals surface area contributed by atoms with Crippen molar-refractivity contribution in [3.63, 3.8) is 0 Å². The Balaban J connectivity index is 1.31. The molecule has 3 heterocycles. The third-order valence-corrected chi connectivity index (χ3v) is 7.04. The first kappa shape index (κ1) is 20.1. The van der Waals surface area contributed by atoms with Crippen LogP contribution in [0, 0.1) is 0 Å². The summed E-state index contributed by atoms with van der Waals surface area (Å²) in [6.45, 7) is 0.660. The number of para-hydroxylation sites is 1. The molecule has 1 aromatic carbocycles. The Hall–Kier alpha value is -2.87. The fourth-order valence-corrected chi connectivity index (χ4v) is 5.45. The van der Waals surface area contributed by atoms with Crippen molar-refractivity contribution in [1.82, 2.24) is 24.6 Å². The molecule has 0 spiro atoms. The van der Waals surface area contributed by atoms with Gasteiger partial charge in [-0.3, -0.25) is 14.2 Å². The van der Waals surface area contributed by atoms with Crippen LogP contribution in [0.15, 0.2) is 58.1 Å². The molecule has 0 saturated heterocycles. The van der Waals surface area contributed by atoms with E-state index >= 15 is 0 Å². The van der Waals surface area contributed by atoms with Gasteiger partial charge >= 0.3 is 0 Å². The average Bonchev–Trinajstić information content (AvgIpc) is 3.40. The number of fused-ring (bicyclic) bond motifs is 2. The van der Waals surface area contributed by atoms with E-state index in [-0.39, 0.29) is 17.5 Å². The molecule has 1 amide bonds. The maximum Gasteiger partial charge on any atom is 0.265 e. The summed E-state index contributed by atoms with van der Waals surface area (Å²) in [5.74, 6) is 0.661. The molecule has 0 fully saturated rings. The van der Waals surface area contributed by atoms with Crippen LogP contribution in [-0.2, 0) is 4.79 Å². The minimum absolute atomic E-state index is 0.0122. The first-order chi connectivity index (χ1) is 15.2. The molecule has 5 rings (SSSR count). The average molecular weight is 436 g/mol. The minimum atomic E-state index is -0.182. The number of rotatable bonds is 6. The van der Waals surface area contributed by atoms with Crippen LogP contribution in [0.2, 0.25) is 0 Å². The summed E-state index contributed by atoms with van der Waals surface area (Å²) in [7, 11) is 0. The highest BCUT2D eigenvalue weighted by Gasteiger charge is 2.29. The van der Waals surface area contributed by atoms with Crippen LogP contribution in [0.5, 0.6) is 0 Å². The summed E-state index contributed by atoms with van der Waals surface area (Å²) < 4.78 is 3.37. The first-order valence-electron chi connectivity index (χ1n) is 10.8. The Morgan fingerprint density at radius 3 is 2.90 bits per heavy atom. The van der Waals surface area contributed by atoms with E-state index in [0.717, 1.165) is 24.9 Å². The second kappa shape index (κ2) is 8.70. The molecule has 3 aromatic rings. The molecular formula is C23H25N5O2S. The van der Waals surface area contributed by atoms with Gasteiger partial charge in [0.05, 0.1) is 17.9 Å². The molecule has 0 bridgehead atoms. The number of hydrogen-bond acceptors (Lipinski definition) is 5. The predicted octanol–water partition coefficient (Wildman–Crippen LogP) is 3.63. The zero-order valence-electron chi connectivity index (χ0n) is 17.3. The van der Waals surface area contributed by atoms with Crippen molar-refractivity contribution in [2.24, 2.45) is 0 Å². The monoisotopic (exact) mass is 435 g/mol. The zero-order chi connectivity index (χ0) is 21.2. The Morgan fingerprint density at radius 2 is 2.10 bits per heavy atom. The van der Waals surface area contributed by atoms with Crippen molar-refractivity contribution < 1.29 is 4.79 Å². The number of thioether (sulfide) groups is 1. The molecule has 1 unspecified atom stereocenters. The van der Waals surface area contributed by atoms with Crippen LogP contribution in [-0.4, -0.2) is 37.5 Å². The third-order valence-electron chi connectivity index (χ3n) is 5.95. The van der Waals surface area contributed by atoms with Crippen LogP contribution >= 0.6 is 11.8 Å². The van der Waals surface area contributed by atoms with Gasteiger partial charge in [0.2, 0.25) is 5.91 Å². The maximum atomic E-state index is 13.2. The van der Waals surface area contributed by atoms with E-state index in [1.165, 1.54) is 30.2 Å². The molecule has 2 aliphatic rings. The number of benzene rings is 1. The van der Waals surface area contributed by atoms with Gasteiger partial charge in [-0.2, -0.15) is 5.10 Å². The van der Waals surface area contributed by atoms with E-state index in [1.807, 2.05) is 30.3 Å². The lowest BCUT2D eigenvalue weighted by Crippen LogP contribution is -2.31. The van der Waals surface area contributed by atoms with Crippen molar-refractivity contribution >= 4 is 28.7 Å². The van der Waals surface area contributed by atoms with Gasteiger partial charge in [-0.1, -0.05) is 41.6 Å². The largest absolute Gasteiger partial charge is 0.356 e. The van der Waals surface area contributed by atoms with Crippen LogP contribution in [0.1, 0.15) is 44.6 Å². The number of allylic oxidation sites excluding steroid dienone is 1. The molecular weight excluding hydrogens is 410 g/mol. The minimum Gasteiger partial charge on any atom is -0.356 e. The van der Waals surface area contributed by atoms with E-state index in [0.29, 0.717) is 34.9 Å². The van der Waals surface area contributed by atoms with Gasteiger partial charge in [0.25, 0.3) is 5.56 Å². The van der Waals surface area contributed by atoms with Crippen LogP contribution in [0.3, 0.4) is 0 Å². The standard InChI is InChI=1S/C23H25N5O2S/c29-20(24-12-11-16-7-3-1-4-8-16)13-18-15-31-23-26-21-19(22(30)27(18)23)14-25-28(21)17-9-5-2-6-10-17/h2,5-7,9-10,14,18H,1,3-4,8,11-13,15H2,(H,24,29). The number of hydrogen-bond donors (Lipinski definition) is 1. The third kappa shape index (κ3) is 4.04. The van der Waals surface area contributed by atoms with Crippen molar-refractivity contribution in [2.75, 3.05) is 12.3 Å². The van der Waals surface area contributed by atoms with E-state index in [2.05, 4.69) is 16.5 Å². The highest BCUT2D eigenvalue weighted by atomic mass is 32.2. The lowest BCUT2D eigenvalue weighted by molar-refractivity contribution is -0.121. The highest BCUT2D eigenvalue weighted by molar-refractivity contribution is 7.99. The molecule has 1 aliphatic heterocycles. The zero-order valence-corrected chi connectivity index (χ0v) is 18.1. The highest BCUT2D eigenvalue weighted by Crippen LogP contribution is 2.33. The Morgan fingerprint density at radius 1 is 1.23 bits per heavy atom. The van der Waals surface area contributed by atoms with Gasteiger partial charge in [-0.05, 0) is 44.2 Å². The van der Waals surface area contributed by atoms with Gasteiger partial charge in [-0.15, -0.1) is 0 Å². The van der Waals surface area contributed by atoms with E-state index in [4.69, 9.17) is 4.98 Å². The molecule has 2 aromatic heterocycles. The van der Waals surface area contributed by atoms with Crippen LogP contribution < -0.4 is 10.9 Å². The Labute approximate surface area is 184 Å². The van der Waals surface area contributed by atoms with Gasteiger partial charge in [-0.25, -0.2) is 9.67 Å². The second-order valence-corrected chi connectivity index (χ2v) is 9.06. The second-order valence-electron chi connectivity index (χ2n) is 8.08. The number of nitrogens with zero attached hydrogens (tertiary/aromatic N) is 4. The molecule has 8 heteroatoms. The summed E-state index contributed by atoms with van der Waals surface area (Å²) in [5.41, 5.74) is 2.74. The van der Waals surface area contributed by atoms with Crippen molar-refractivity contribution in [2.45, 2.75) is 49.7 Å². The van der Waals surface area contributed by atoms with Crippen LogP contribution in [0.4, 0.5) is 0 Å². The molecule has 1 N–H and O–H groups in total. The van der Waals surface area contributed by atoms with Crippen molar-refractivity contribution in [3.8, 4) is 5.69 Å². The van der Waals surface area contributed by atoms with Gasteiger partial charge in [0.1, 0.15) is 5.39 Å². The summed E-state index contributed by atoms with van der Waals surface area (Å²) in [5, 5.41) is 8.54. The predicted molar refractivity (Wildman–Crippen MR) is 122 cm³/mol. The quantitative estimate of drug-likeness (QED) is 0.472. The van der Waals surface area contributed by atoms with E-state index < -0.39 is 0 Å². The summed E-state index contributed by atoms with van der Waals surface area (Å²) >= 11 is 1.52. The number of aromatic nitrogens is 4. The molecule has 0 saturated carbocycles. The fraction of sp³-hybridized carbons (Fsp3) is 0.391. The summed E-state index contributed by atoms with van der Waals surface area (Å²) in [4.78, 5) is 30.4. The molecule has 7 nitrogen and oxygen atoms in total. The molecule has 31 heavy (non-hydrogen) atoms. The van der Waals surface area contributed by atoms with Gasteiger partial charge in [0, 0.05) is 18.7 Å². The SMILES string of the molecule is O=C(CC1CSc2nc3c(cnn3-c3ccccc3)c(=O)n21)NCCC1=CCCCC1. The smallest absolute Gasteiger partial charge is 0.265 e. The maximum absolute atomic E-state index is 13.2. The Kier molecular flexibility index (Phi) is 5.63. The Bertz CT molecular complexity index is 1200. The van der Waals surface area contributed by atoms with Gasteiger partial charge in [0.15, 0.2) is 10.8 Å². The summed E-state index contributed by atoms with van der Waals surface area (Å²) in [6, 6.07) is 9.48. The fourth-order valence-electron chi connectivity index (χ4n) is 4.32. The van der Waals surface area contributed by atoms with Crippen molar-refractivity contribution in [1.29, 1.82) is 0 Å². The van der Waals surface area contributed by atoms with Crippen LogP contribution in [0.25, 0.3) is 16.7 Å². The lowest BCUT2D eigenvalue weighted by Gasteiger charge is -2.15. The molecule has 0 radical (unpaired) electrons. The molecule has 160 valence electrons. The topological polar surface area (TPSA) is 81.8 Å². The number of carbonyl (C=O) groups excluding carboxylic acids is 1. The first-order valence-corrected chi connectivity index (χ1v) is 11.8. The normalized spacial score (nSPS) is 18.1. The molecule has 1 aliphatic carbocycles. The van der Waals surface area contributed by atoms with E-state index in [1.54, 1.807) is 15.4 Å². The summed E-state index contributed by atoms with van der Waals surface area (Å²) in [6.07, 6.45) is 9.92. The molecule has 1 atom stereocenters. The van der Waals surface area contributed by atoms with Crippen molar-refractivity contribution in [3.05, 3.63) is 58.5 Å². The lowest BCUT2D eigenvalue weighted by atomic mass is 9.97.